The van der Waals surface area contributed by atoms with Crippen molar-refractivity contribution in [2.75, 3.05) is 13.1 Å². The third-order valence-corrected chi connectivity index (χ3v) is 5.46. The molecule has 3 rings (SSSR count). The SMILES string of the molecule is CC(C)CC(=O)NCc1ccc(OC2CCN(Cc3ccc(F)cc3Cl)CC2)nc1. The number of benzene rings is 1. The summed E-state index contributed by atoms with van der Waals surface area (Å²) >= 11 is 6.14. The number of hydrogen-bond acceptors (Lipinski definition) is 4. The molecule has 1 fully saturated rings. The van der Waals surface area contributed by atoms with Crippen LogP contribution in [0.2, 0.25) is 5.02 Å². The Morgan fingerprint density at radius 2 is 2.07 bits per heavy atom. The number of hydrogen-bond donors (Lipinski definition) is 1. The van der Waals surface area contributed by atoms with Crippen LogP contribution in [0, 0.1) is 11.7 Å². The van der Waals surface area contributed by atoms with Crippen LogP contribution in [0.4, 0.5) is 4.39 Å². The Kier molecular flexibility index (Phi) is 8.05. The van der Waals surface area contributed by atoms with Gasteiger partial charge in [0.1, 0.15) is 11.9 Å². The molecule has 1 N–H and O–H groups in total. The predicted molar refractivity (Wildman–Crippen MR) is 116 cm³/mol. The van der Waals surface area contributed by atoms with Crippen LogP contribution in [0.25, 0.3) is 0 Å². The van der Waals surface area contributed by atoms with E-state index in [-0.39, 0.29) is 17.8 Å². The highest BCUT2D eigenvalue weighted by Crippen LogP contribution is 2.23. The van der Waals surface area contributed by atoms with Crippen LogP contribution in [0.3, 0.4) is 0 Å². The lowest BCUT2D eigenvalue weighted by molar-refractivity contribution is -0.121. The van der Waals surface area contributed by atoms with E-state index in [1.807, 2.05) is 26.0 Å². The lowest BCUT2D eigenvalue weighted by Gasteiger charge is -2.32. The van der Waals surface area contributed by atoms with Crippen LogP contribution in [0.15, 0.2) is 36.5 Å². The molecule has 1 aromatic heterocycles. The van der Waals surface area contributed by atoms with E-state index in [1.165, 1.54) is 12.1 Å². The summed E-state index contributed by atoms with van der Waals surface area (Å²) in [6.07, 6.45) is 4.19. The zero-order valence-electron chi connectivity index (χ0n) is 17.5. The Morgan fingerprint density at radius 1 is 1.30 bits per heavy atom. The van der Waals surface area contributed by atoms with Gasteiger partial charge in [-0.15, -0.1) is 0 Å². The fraction of sp³-hybridized carbons (Fsp3) is 0.478. The van der Waals surface area contributed by atoms with Gasteiger partial charge in [0.15, 0.2) is 0 Å². The molecule has 1 amide bonds. The van der Waals surface area contributed by atoms with E-state index in [9.17, 15) is 9.18 Å². The second kappa shape index (κ2) is 10.7. The normalized spacial score (nSPS) is 15.4. The molecular weight excluding hydrogens is 405 g/mol. The summed E-state index contributed by atoms with van der Waals surface area (Å²) in [5, 5.41) is 3.38. The summed E-state index contributed by atoms with van der Waals surface area (Å²) in [4.78, 5) is 18.4. The van der Waals surface area contributed by atoms with Gasteiger partial charge in [-0.25, -0.2) is 9.37 Å². The van der Waals surface area contributed by atoms with Crippen molar-refractivity contribution < 1.29 is 13.9 Å². The second-order valence-corrected chi connectivity index (χ2v) is 8.62. The molecule has 1 saturated heterocycles. The Morgan fingerprint density at radius 3 is 2.70 bits per heavy atom. The largest absolute Gasteiger partial charge is 0.474 e. The average Bonchev–Trinajstić information content (AvgIpc) is 2.70. The first-order valence-electron chi connectivity index (χ1n) is 10.4. The smallest absolute Gasteiger partial charge is 0.220 e. The number of amides is 1. The molecule has 1 aliphatic heterocycles. The Bertz CT molecular complexity index is 837. The number of carbonyl (C=O) groups excluding carboxylic acids is 1. The molecule has 0 atom stereocenters. The Balaban J connectivity index is 1.42. The summed E-state index contributed by atoms with van der Waals surface area (Å²) in [6, 6.07) is 8.34. The first-order chi connectivity index (χ1) is 14.4. The quantitative estimate of drug-likeness (QED) is 0.662. The van der Waals surface area contributed by atoms with Crippen molar-refractivity contribution in [3.8, 4) is 5.88 Å². The van der Waals surface area contributed by atoms with Gasteiger partial charge in [0.2, 0.25) is 11.8 Å². The van der Waals surface area contributed by atoms with Crippen molar-refractivity contribution >= 4 is 17.5 Å². The van der Waals surface area contributed by atoms with Crippen molar-refractivity contribution in [2.24, 2.45) is 5.92 Å². The molecule has 0 bridgehead atoms. The third kappa shape index (κ3) is 6.96. The summed E-state index contributed by atoms with van der Waals surface area (Å²) < 4.78 is 19.2. The van der Waals surface area contributed by atoms with Crippen LogP contribution in [-0.4, -0.2) is 35.0 Å². The summed E-state index contributed by atoms with van der Waals surface area (Å²) in [5.74, 6) is 0.691. The third-order valence-electron chi connectivity index (χ3n) is 5.11. The maximum absolute atomic E-state index is 13.2. The maximum Gasteiger partial charge on any atom is 0.220 e. The number of pyridine rings is 1. The fourth-order valence-electron chi connectivity index (χ4n) is 3.48. The van der Waals surface area contributed by atoms with E-state index in [4.69, 9.17) is 16.3 Å². The maximum atomic E-state index is 13.2. The van der Waals surface area contributed by atoms with Gasteiger partial charge in [0.25, 0.3) is 0 Å². The molecule has 2 aromatic rings. The first kappa shape index (κ1) is 22.5. The van der Waals surface area contributed by atoms with Crippen molar-refractivity contribution in [2.45, 2.75) is 52.3 Å². The molecule has 0 spiro atoms. The van der Waals surface area contributed by atoms with Gasteiger partial charge >= 0.3 is 0 Å². The van der Waals surface area contributed by atoms with Gasteiger partial charge in [0.05, 0.1) is 0 Å². The van der Waals surface area contributed by atoms with E-state index in [1.54, 1.807) is 12.3 Å². The molecule has 0 unspecified atom stereocenters. The highest BCUT2D eigenvalue weighted by atomic mass is 35.5. The molecule has 162 valence electrons. The van der Waals surface area contributed by atoms with E-state index >= 15 is 0 Å². The number of nitrogens with zero attached hydrogens (tertiary/aromatic N) is 2. The van der Waals surface area contributed by atoms with E-state index in [0.29, 0.717) is 36.3 Å². The van der Waals surface area contributed by atoms with Gasteiger partial charge in [0, 0.05) is 49.9 Å². The van der Waals surface area contributed by atoms with Crippen LogP contribution < -0.4 is 10.1 Å². The number of likely N-dealkylation sites (tertiary alicyclic amines) is 1. The van der Waals surface area contributed by atoms with Gasteiger partial charge in [-0.1, -0.05) is 37.6 Å². The average molecular weight is 434 g/mol. The van der Waals surface area contributed by atoms with Crippen LogP contribution in [0.5, 0.6) is 5.88 Å². The van der Waals surface area contributed by atoms with Crippen molar-refractivity contribution in [1.82, 2.24) is 15.2 Å². The van der Waals surface area contributed by atoms with Crippen LogP contribution in [0.1, 0.15) is 44.2 Å². The number of carbonyl (C=O) groups is 1. The monoisotopic (exact) mass is 433 g/mol. The first-order valence-corrected chi connectivity index (χ1v) is 10.8. The number of halogens is 2. The zero-order chi connectivity index (χ0) is 21.5. The van der Waals surface area contributed by atoms with Crippen LogP contribution in [-0.2, 0) is 17.9 Å². The van der Waals surface area contributed by atoms with Gasteiger partial charge in [-0.05, 0) is 42.0 Å². The molecule has 1 aliphatic rings. The fourth-order valence-corrected chi connectivity index (χ4v) is 3.70. The number of piperidine rings is 1. The molecule has 30 heavy (non-hydrogen) atoms. The highest BCUT2D eigenvalue weighted by Gasteiger charge is 2.21. The molecule has 5 nitrogen and oxygen atoms in total. The number of ether oxygens (including phenoxy) is 1. The molecule has 0 saturated carbocycles. The van der Waals surface area contributed by atoms with Crippen LogP contribution >= 0.6 is 11.6 Å². The second-order valence-electron chi connectivity index (χ2n) is 8.21. The van der Waals surface area contributed by atoms with E-state index < -0.39 is 0 Å². The van der Waals surface area contributed by atoms with Gasteiger partial charge in [-0.2, -0.15) is 0 Å². The molecule has 1 aromatic carbocycles. The Labute approximate surface area is 182 Å². The minimum absolute atomic E-state index is 0.0546. The van der Waals surface area contributed by atoms with Crippen molar-refractivity contribution in [3.05, 3.63) is 58.5 Å². The molecular formula is C23H29ClFN3O2. The topological polar surface area (TPSA) is 54.5 Å². The standard InChI is InChI=1S/C23H29ClFN3O2/c1-16(2)11-22(29)26-13-17-3-6-23(27-14-17)30-20-7-9-28(10-8-20)15-18-4-5-19(25)12-21(18)24/h3-6,12,14,16,20H,7-11,13,15H2,1-2H3,(H,26,29). The molecule has 2 heterocycles. The van der Waals surface area contributed by atoms with Gasteiger partial charge in [-0.3, -0.25) is 9.69 Å². The highest BCUT2D eigenvalue weighted by molar-refractivity contribution is 6.31. The van der Waals surface area contributed by atoms with E-state index in [0.717, 1.165) is 37.1 Å². The van der Waals surface area contributed by atoms with Gasteiger partial charge < -0.3 is 10.1 Å². The molecule has 0 radical (unpaired) electrons. The summed E-state index contributed by atoms with van der Waals surface area (Å²) in [7, 11) is 0. The van der Waals surface area contributed by atoms with Crippen molar-refractivity contribution in [3.63, 3.8) is 0 Å². The molecule has 0 aliphatic carbocycles. The minimum Gasteiger partial charge on any atom is -0.474 e. The summed E-state index contributed by atoms with van der Waals surface area (Å²) in [6.45, 7) is 7.01. The zero-order valence-corrected chi connectivity index (χ0v) is 18.3. The lowest BCUT2D eigenvalue weighted by Crippen LogP contribution is -2.38. The lowest BCUT2D eigenvalue weighted by atomic mass is 10.1. The minimum atomic E-state index is -0.313. The summed E-state index contributed by atoms with van der Waals surface area (Å²) in [5.41, 5.74) is 1.89. The predicted octanol–water partition coefficient (Wildman–Crippen LogP) is 4.58. The van der Waals surface area contributed by atoms with Crippen molar-refractivity contribution in [1.29, 1.82) is 0 Å². The number of rotatable bonds is 8. The molecule has 7 heteroatoms. The Hall–Kier alpha value is -2.18. The number of nitrogens with one attached hydrogen (secondary N) is 1. The number of aromatic nitrogens is 1. The van der Waals surface area contributed by atoms with E-state index in [2.05, 4.69) is 15.2 Å².